The Morgan fingerprint density at radius 3 is 2.08 bits per heavy atom. The van der Waals surface area contributed by atoms with Crippen LogP contribution in [-0.2, 0) is 0 Å². The molecule has 2 nitrogen and oxygen atoms in total. The number of rotatable bonds is 1. The molecule has 1 aromatic carbocycles. The molecule has 13 heavy (non-hydrogen) atoms. The molecule has 0 atom stereocenters. The van der Waals surface area contributed by atoms with E-state index >= 15 is 0 Å². The minimum atomic E-state index is -1.22. The molecule has 1 N–H and O–H groups in total. The first-order valence-corrected chi connectivity index (χ1v) is 3.46. The lowest BCUT2D eigenvalue weighted by Gasteiger charge is -2.00. The van der Waals surface area contributed by atoms with Crippen molar-refractivity contribution in [2.45, 2.75) is 0 Å². The average molecular weight is 210 g/mol. The summed E-state index contributed by atoms with van der Waals surface area (Å²) in [7, 11) is 0. The molecule has 0 saturated heterocycles. The molecule has 0 bridgehead atoms. The second-order valence-corrected chi connectivity index (χ2v) is 2.49. The summed E-state index contributed by atoms with van der Waals surface area (Å²) in [5.74, 6) is -3.51. The van der Waals surface area contributed by atoms with Gasteiger partial charge in [0.25, 0.3) is 0 Å². The van der Waals surface area contributed by atoms with Crippen LogP contribution in [0, 0.1) is 17.5 Å². The summed E-state index contributed by atoms with van der Waals surface area (Å²) >= 11 is 5.15. The Morgan fingerprint density at radius 2 is 1.69 bits per heavy atom. The third-order valence-electron chi connectivity index (χ3n) is 1.30. The van der Waals surface area contributed by atoms with Crippen molar-refractivity contribution in [3.8, 4) is 0 Å². The van der Waals surface area contributed by atoms with Crippen molar-refractivity contribution in [2.75, 3.05) is 0 Å². The molecule has 1 rings (SSSR count). The van der Waals surface area contributed by atoms with Crippen LogP contribution in [0.15, 0.2) is 17.3 Å². The van der Waals surface area contributed by atoms with Gasteiger partial charge in [-0.2, -0.15) is 0 Å². The van der Waals surface area contributed by atoms with Crippen molar-refractivity contribution >= 4 is 16.8 Å². The van der Waals surface area contributed by atoms with Gasteiger partial charge in [0.05, 0.1) is 5.56 Å². The molecule has 0 saturated carbocycles. The third kappa shape index (κ3) is 1.92. The van der Waals surface area contributed by atoms with Gasteiger partial charge in [-0.3, -0.25) is 0 Å². The second kappa shape index (κ2) is 3.66. The highest BCUT2D eigenvalue weighted by atomic mass is 35.5. The van der Waals surface area contributed by atoms with Crippen LogP contribution in [0.4, 0.5) is 13.2 Å². The molecule has 1 aromatic rings. The number of hydrogen-bond donors (Lipinski definition) is 1. The summed E-state index contributed by atoms with van der Waals surface area (Å²) in [5.41, 5.74) is -0.759. The van der Waals surface area contributed by atoms with Crippen molar-refractivity contribution in [1.29, 1.82) is 0 Å². The highest BCUT2D eigenvalue weighted by molar-refractivity contribution is 6.69. The Labute approximate surface area is 76.2 Å². The Hall–Kier alpha value is -1.23. The first-order valence-electron chi connectivity index (χ1n) is 3.08. The number of benzene rings is 1. The zero-order valence-electron chi connectivity index (χ0n) is 6.06. The fraction of sp³-hybridized carbons (Fsp3) is 0. The molecule has 0 aliphatic heterocycles. The fourth-order valence-corrected chi connectivity index (χ4v) is 0.970. The van der Waals surface area contributed by atoms with Crippen molar-refractivity contribution in [3.63, 3.8) is 0 Å². The van der Waals surface area contributed by atoms with E-state index in [1.165, 1.54) is 0 Å². The normalized spacial score (nSPS) is 11.8. The lowest BCUT2D eigenvalue weighted by atomic mass is 10.2. The fourth-order valence-electron chi connectivity index (χ4n) is 0.789. The van der Waals surface area contributed by atoms with E-state index < -0.39 is 28.2 Å². The molecule has 0 aliphatic rings. The van der Waals surface area contributed by atoms with Gasteiger partial charge in [0.2, 0.25) is 0 Å². The minimum Gasteiger partial charge on any atom is -0.410 e. The van der Waals surface area contributed by atoms with Gasteiger partial charge in [0, 0.05) is 12.1 Å². The first-order chi connectivity index (χ1) is 6.06. The Kier molecular flexibility index (Phi) is 2.77. The quantitative estimate of drug-likeness (QED) is 0.430. The Morgan fingerprint density at radius 1 is 1.23 bits per heavy atom. The lowest BCUT2D eigenvalue weighted by Crippen LogP contribution is -2.01. The van der Waals surface area contributed by atoms with Crippen molar-refractivity contribution in [3.05, 3.63) is 35.1 Å². The number of hydrogen-bond acceptors (Lipinski definition) is 2. The van der Waals surface area contributed by atoms with Crippen LogP contribution in [0.1, 0.15) is 5.56 Å². The maximum atomic E-state index is 12.8. The smallest absolute Gasteiger partial charge is 0.181 e. The van der Waals surface area contributed by atoms with E-state index in [1.807, 2.05) is 0 Å². The monoisotopic (exact) mass is 209 g/mol. The summed E-state index contributed by atoms with van der Waals surface area (Å²) in [6.07, 6.45) is 0. The second-order valence-electron chi connectivity index (χ2n) is 2.14. The van der Waals surface area contributed by atoms with Crippen LogP contribution in [-0.4, -0.2) is 10.4 Å². The van der Waals surface area contributed by atoms with Crippen LogP contribution < -0.4 is 0 Å². The molecule has 0 spiro atoms. The summed E-state index contributed by atoms with van der Waals surface area (Å²) in [6, 6.07) is 0.873. The largest absolute Gasteiger partial charge is 0.410 e. The molecule has 0 aromatic heterocycles. The van der Waals surface area contributed by atoms with Gasteiger partial charge in [-0.1, -0.05) is 16.8 Å². The topological polar surface area (TPSA) is 32.6 Å². The summed E-state index contributed by atoms with van der Waals surface area (Å²) in [6.45, 7) is 0. The molecule has 0 heterocycles. The molecule has 0 amide bonds. The highest BCUT2D eigenvalue weighted by Crippen LogP contribution is 2.17. The lowest BCUT2D eigenvalue weighted by molar-refractivity contribution is 0.320. The number of halogens is 4. The van der Waals surface area contributed by atoms with Gasteiger partial charge in [-0.15, -0.1) is 0 Å². The zero-order valence-corrected chi connectivity index (χ0v) is 6.82. The van der Waals surface area contributed by atoms with Crippen molar-refractivity contribution in [1.82, 2.24) is 0 Å². The summed E-state index contributed by atoms with van der Waals surface area (Å²) in [5, 5.41) is 9.76. The van der Waals surface area contributed by atoms with E-state index in [9.17, 15) is 13.2 Å². The first kappa shape index (κ1) is 9.85. The van der Waals surface area contributed by atoms with Gasteiger partial charge in [-0.25, -0.2) is 13.2 Å². The number of nitrogens with zero attached hydrogens (tertiary/aromatic N) is 1. The van der Waals surface area contributed by atoms with E-state index in [1.54, 1.807) is 0 Å². The van der Waals surface area contributed by atoms with E-state index in [4.69, 9.17) is 16.8 Å². The maximum Gasteiger partial charge on any atom is 0.181 e. The SMILES string of the molecule is ON=C(Cl)c1c(F)cc(F)cc1F. The van der Waals surface area contributed by atoms with Gasteiger partial charge in [-0.05, 0) is 0 Å². The van der Waals surface area contributed by atoms with Crippen LogP contribution in [0.5, 0.6) is 0 Å². The Balaban J connectivity index is 3.37. The molecule has 6 heteroatoms. The van der Waals surface area contributed by atoms with Gasteiger partial charge in [0.1, 0.15) is 17.5 Å². The summed E-state index contributed by atoms with van der Waals surface area (Å²) in [4.78, 5) is 0. The minimum absolute atomic E-state index is 0.436. The molecule has 0 aliphatic carbocycles. The van der Waals surface area contributed by atoms with Crippen molar-refractivity contribution < 1.29 is 18.4 Å². The van der Waals surface area contributed by atoms with E-state index in [-0.39, 0.29) is 0 Å². The molecule has 0 fully saturated rings. The van der Waals surface area contributed by atoms with Gasteiger partial charge >= 0.3 is 0 Å². The molecule has 0 radical (unpaired) electrons. The van der Waals surface area contributed by atoms with Crippen molar-refractivity contribution in [2.24, 2.45) is 5.16 Å². The Bertz CT molecular complexity index is 344. The summed E-state index contributed by atoms with van der Waals surface area (Å²) < 4.78 is 37.9. The standard InChI is InChI=1S/C7H3ClF3NO/c8-7(12-13)6-4(10)1-3(9)2-5(6)11/h1-2,13H. The predicted molar refractivity (Wildman–Crippen MR) is 40.5 cm³/mol. The van der Waals surface area contributed by atoms with Crippen LogP contribution in [0.2, 0.25) is 0 Å². The predicted octanol–water partition coefficient (Wildman–Crippen LogP) is 2.48. The number of oxime groups is 1. The van der Waals surface area contributed by atoms with Gasteiger partial charge < -0.3 is 5.21 Å². The molecular weight excluding hydrogens is 207 g/mol. The van der Waals surface area contributed by atoms with E-state index in [0.717, 1.165) is 0 Å². The third-order valence-corrected chi connectivity index (χ3v) is 1.57. The van der Waals surface area contributed by atoms with Crippen LogP contribution in [0.3, 0.4) is 0 Å². The highest BCUT2D eigenvalue weighted by Gasteiger charge is 2.15. The maximum absolute atomic E-state index is 12.8. The van der Waals surface area contributed by atoms with E-state index in [0.29, 0.717) is 12.1 Å². The van der Waals surface area contributed by atoms with E-state index in [2.05, 4.69) is 5.16 Å². The molecule has 0 unspecified atom stereocenters. The molecule has 70 valence electrons. The zero-order chi connectivity index (χ0) is 10.0. The molecular formula is C7H3ClF3NO. The van der Waals surface area contributed by atoms with Crippen LogP contribution in [0.25, 0.3) is 0 Å². The van der Waals surface area contributed by atoms with Crippen LogP contribution >= 0.6 is 11.6 Å². The van der Waals surface area contributed by atoms with Gasteiger partial charge in [0.15, 0.2) is 5.17 Å². The average Bonchev–Trinajstić information content (AvgIpc) is 2.02.